The Hall–Kier alpha value is -0.610. The van der Waals surface area contributed by atoms with Crippen molar-refractivity contribution in [2.45, 2.75) is 37.8 Å². The van der Waals surface area contributed by atoms with Gasteiger partial charge in [0.2, 0.25) is 0 Å². The van der Waals surface area contributed by atoms with E-state index >= 15 is 0 Å². The van der Waals surface area contributed by atoms with Crippen LogP contribution in [0.3, 0.4) is 0 Å². The highest BCUT2D eigenvalue weighted by molar-refractivity contribution is 5.73. The molecule has 2 saturated heterocycles. The van der Waals surface area contributed by atoms with Gasteiger partial charge in [0.25, 0.3) is 0 Å². The summed E-state index contributed by atoms with van der Waals surface area (Å²) in [6.45, 7) is 3.15. The third-order valence-corrected chi connectivity index (χ3v) is 3.65. The number of carboxylic acids is 1. The molecular formula is C11H20N2O2. The van der Waals surface area contributed by atoms with E-state index in [0.717, 1.165) is 38.9 Å². The molecule has 1 N–H and O–H groups in total. The van der Waals surface area contributed by atoms with Gasteiger partial charge in [-0.1, -0.05) is 0 Å². The van der Waals surface area contributed by atoms with Gasteiger partial charge in [-0.3, -0.25) is 9.69 Å². The largest absolute Gasteiger partial charge is 0.480 e. The third kappa shape index (κ3) is 2.32. The summed E-state index contributed by atoms with van der Waals surface area (Å²) in [5, 5.41) is 9.12. The van der Waals surface area contributed by atoms with Crippen LogP contribution in [0.4, 0.5) is 0 Å². The first-order valence-corrected chi connectivity index (χ1v) is 5.85. The summed E-state index contributed by atoms with van der Waals surface area (Å²) in [4.78, 5) is 15.6. The lowest BCUT2D eigenvalue weighted by atomic mass is 10.0. The lowest BCUT2D eigenvalue weighted by Gasteiger charge is -2.37. The Bertz CT molecular complexity index is 245. The molecular weight excluding hydrogens is 192 g/mol. The molecule has 0 spiro atoms. The molecule has 0 amide bonds. The number of likely N-dealkylation sites (N-methyl/N-ethyl adjacent to an activating group) is 1. The quantitative estimate of drug-likeness (QED) is 0.729. The third-order valence-electron chi connectivity index (χ3n) is 3.65. The fourth-order valence-corrected chi connectivity index (χ4v) is 2.90. The molecule has 2 atom stereocenters. The predicted molar refractivity (Wildman–Crippen MR) is 57.9 cm³/mol. The second-order valence-electron chi connectivity index (χ2n) is 4.79. The van der Waals surface area contributed by atoms with Crippen molar-refractivity contribution >= 4 is 5.97 Å². The number of carboxylic acid groups (broad SMARTS) is 1. The Kier molecular flexibility index (Phi) is 3.26. The van der Waals surface area contributed by atoms with E-state index in [0.29, 0.717) is 6.04 Å². The van der Waals surface area contributed by atoms with Crippen molar-refractivity contribution in [2.75, 3.05) is 26.7 Å². The van der Waals surface area contributed by atoms with Crippen molar-refractivity contribution in [3.63, 3.8) is 0 Å². The zero-order chi connectivity index (χ0) is 10.8. The average molecular weight is 212 g/mol. The smallest absolute Gasteiger partial charge is 0.320 e. The van der Waals surface area contributed by atoms with Gasteiger partial charge in [0.15, 0.2) is 0 Å². The Labute approximate surface area is 90.9 Å². The second-order valence-corrected chi connectivity index (χ2v) is 4.79. The lowest BCUT2D eigenvalue weighted by Crippen LogP contribution is -2.50. The zero-order valence-electron chi connectivity index (χ0n) is 9.35. The monoisotopic (exact) mass is 212 g/mol. The summed E-state index contributed by atoms with van der Waals surface area (Å²) < 4.78 is 0. The minimum Gasteiger partial charge on any atom is -0.480 e. The van der Waals surface area contributed by atoms with Crippen LogP contribution in [0.25, 0.3) is 0 Å². The van der Waals surface area contributed by atoms with Crippen LogP contribution in [0.2, 0.25) is 0 Å². The summed E-state index contributed by atoms with van der Waals surface area (Å²) in [6, 6.07) is 0.244. The van der Waals surface area contributed by atoms with Crippen LogP contribution >= 0.6 is 0 Å². The van der Waals surface area contributed by atoms with Crippen LogP contribution < -0.4 is 0 Å². The van der Waals surface area contributed by atoms with Crippen LogP contribution in [-0.2, 0) is 4.79 Å². The molecule has 2 aliphatic rings. The van der Waals surface area contributed by atoms with Gasteiger partial charge < -0.3 is 10.0 Å². The van der Waals surface area contributed by atoms with Gasteiger partial charge in [0.05, 0.1) is 0 Å². The molecule has 2 rings (SSSR count). The maximum atomic E-state index is 11.1. The number of hydrogen-bond acceptors (Lipinski definition) is 3. The number of hydrogen-bond donors (Lipinski definition) is 1. The SMILES string of the molecule is CN1CCCC(N2CCCC2C(=O)O)C1. The van der Waals surface area contributed by atoms with Gasteiger partial charge >= 0.3 is 5.97 Å². The van der Waals surface area contributed by atoms with Gasteiger partial charge in [0.1, 0.15) is 6.04 Å². The van der Waals surface area contributed by atoms with E-state index in [9.17, 15) is 4.79 Å². The van der Waals surface area contributed by atoms with E-state index in [2.05, 4.69) is 16.8 Å². The Balaban J connectivity index is 1.99. The van der Waals surface area contributed by atoms with E-state index in [1.165, 1.54) is 6.42 Å². The van der Waals surface area contributed by atoms with Crippen LogP contribution in [0.5, 0.6) is 0 Å². The molecule has 2 heterocycles. The minimum absolute atomic E-state index is 0.221. The molecule has 2 unspecified atom stereocenters. The maximum Gasteiger partial charge on any atom is 0.320 e. The van der Waals surface area contributed by atoms with Crippen LogP contribution in [-0.4, -0.2) is 59.6 Å². The number of likely N-dealkylation sites (tertiary alicyclic amines) is 2. The maximum absolute atomic E-state index is 11.1. The van der Waals surface area contributed by atoms with Crippen LogP contribution in [0.15, 0.2) is 0 Å². The summed E-state index contributed by atoms with van der Waals surface area (Å²) in [5.74, 6) is -0.638. The molecule has 4 nitrogen and oxygen atoms in total. The molecule has 0 saturated carbocycles. The van der Waals surface area contributed by atoms with Gasteiger partial charge in [-0.2, -0.15) is 0 Å². The first-order chi connectivity index (χ1) is 7.18. The summed E-state index contributed by atoms with van der Waals surface area (Å²) >= 11 is 0. The van der Waals surface area contributed by atoms with Crippen molar-refractivity contribution in [2.24, 2.45) is 0 Å². The van der Waals surface area contributed by atoms with E-state index in [-0.39, 0.29) is 6.04 Å². The summed E-state index contributed by atoms with van der Waals surface area (Å²) in [7, 11) is 2.12. The van der Waals surface area contributed by atoms with Crippen LogP contribution in [0.1, 0.15) is 25.7 Å². The van der Waals surface area contributed by atoms with Crippen molar-refractivity contribution < 1.29 is 9.90 Å². The number of nitrogens with zero attached hydrogens (tertiary/aromatic N) is 2. The first-order valence-electron chi connectivity index (χ1n) is 5.85. The van der Waals surface area contributed by atoms with E-state index in [4.69, 9.17) is 5.11 Å². The molecule has 0 aromatic rings. The van der Waals surface area contributed by atoms with E-state index < -0.39 is 5.97 Å². The highest BCUT2D eigenvalue weighted by Gasteiger charge is 2.36. The van der Waals surface area contributed by atoms with Gasteiger partial charge in [0, 0.05) is 12.6 Å². The highest BCUT2D eigenvalue weighted by atomic mass is 16.4. The van der Waals surface area contributed by atoms with Crippen molar-refractivity contribution in [3.8, 4) is 0 Å². The van der Waals surface area contributed by atoms with Gasteiger partial charge in [-0.25, -0.2) is 0 Å². The van der Waals surface area contributed by atoms with Gasteiger partial charge in [-0.15, -0.1) is 0 Å². The van der Waals surface area contributed by atoms with Crippen molar-refractivity contribution in [1.29, 1.82) is 0 Å². The molecule has 0 aromatic carbocycles. The molecule has 0 bridgehead atoms. The molecule has 86 valence electrons. The van der Waals surface area contributed by atoms with Crippen molar-refractivity contribution in [3.05, 3.63) is 0 Å². The molecule has 2 fully saturated rings. The Morgan fingerprint density at radius 3 is 2.67 bits per heavy atom. The zero-order valence-corrected chi connectivity index (χ0v) is 9.35. The van der Waals surface area contributed by atoms with E-state index in [1.807, 2.05) is 0 Å². The van der Waals surface area contributed by atoms with Crippen LogP contribution in [0, 0.1) is 0 Å². The number of piperidine rings is 1. The fourth-order valence-electron chi connectivity index (χ4n) is 2.90. The van der Waals surface area contributed by atoms with Gasteiger partial charge in [-0.05, 0) is 45.8 Å². The average Bonchev–Trinajstić information content (AvgIpc) is 2.65. The fraction of sp³-hybridized carbons (Fsp3) is 0.909. The Morgan fingerprint density at radius 1 is 1.27 bits per heavy atom. The number of aliphatic carboxylic acids is 1. The molecule has 2 aliphatic heterocycles. The standard InChI is InChI=1S/C11H20N2O2/c1-12-6-2-4-9(8-12)13-7-3-5-10(13)11(14)15/h9-10H,2-8H2,1H3,(H,14,15). The molecule has 4 heteroatoms. The second kappa shape index (κ2) is 4.49. The number of rotatable bonds is 2. The predicted octanol–water partition coefficient (Wildman–Crippen LogP) is 0.630. The normalized spacial score (nSPS) is 34.5. The molecule has 0 aliphatic carbocycles. The minimum atomic E-state index is -0.638. The summed E-state index contributed by atoms with van der Waals surface area (Å²) in [6.07, 6.45) is 4.23. The topological polar surface area (TPSA) is 43.8 Å². The molecule has 0 aromatic heterocycles. The molecule has 15 heavy (non-hydrogen) atoms. The molecule has 0 radical (unpaired) electrons. The first kappa shape index (κ1) is 10.9. The van der Waals surface area contributed by atoms with E-state index in [1.54, 1.807) is 0 Å². The highest BCUT2D eigenvalue weighted by Crippen LogP contribution is 2.24. The Morgan fingerprint density at radius 2 is 2.00 bits per heavy atom. The lowest BCUT2D eigenvalue weighted by molar-refractivity contribution is -0.143. The number of carbonyl (C=O) groups is 1. The van der Waals surface area contributed by atoms with Crippen molar-refractivity contribution in [1.82, 2.24) is 9.80 Å². The summed E-state index contributed by atoms with van der Waals surface area (Å²) in [5.41, 5.74) is 0.